The minimum atomic E-state index is 0.314. The van der Waals surface area contributed by atoms with Gasteiger partial charge in [0.05, 0.1) is 11.7 Å². The van der Waals surface area contributed by atoms with E-state index < -0.39 is 0 Å². The van der Waals surface area contributed by atoms with Gasteiger partial charge in [-0.2, -0.15) is 5.10 Å². The maximum absolute atomic E-state index is 6.36. The van der Waals surface area contributed by atoms with Gasteiger partial charge in [0, 0.05) is 17.0 Å². The van der Waals surface area contributed by atoms with Crippen LogP contribution in [0.1, 0.15) is 58.4 Å². The Hall–Kier alpha value is -1.55. The molecule has 0 aliphatic heterocycles. The van der Waals surface area contributed by atoms with Crippen LogP contribution in [0.5, 0.6) is 5.75 Å². The number of hydrogen-bond donors (Lipinski definition) is 2. The Morgan fingerprint density at radius 2 is 2.12 bits per heavy atom. The van der Waals surface area contributed by atoms with E-state index in [9.17, 15) is 0 Å². The highest BCUT2D eigenvalue weighted by Crippen LogP contribution is 2.30. The van der Waals surface area contributed by atoms with E-state index in [0.29, 0.717) is 17.6 Å². The number of nitrogens with one attached hydrogen (secondary N) is 2. The summed E-state index contributed by atoms with van der Waals surface area (Å²) in [6.07, 6.45) is 8.18. The van der Waals surface area contributed by atoms with Crippen molar-refractivity contribution in [3.8, 4) is 5.75 Å². The van der Waals surface area contributed by atoms with Crippen molar-refractivity contribution in [2.45, 2.75) is 71.9 Å². The first-order chi connectivity index (χ1) is 11.4. The van der Waals surface area contributed by atoms with E-state index in [0.717, 1.165) is 36.0 Å². The Balaban J connectivity index is 1.57. The van der Waals surface area contributed by atoms with Gasteiger partial charge in [0.2, 0.25) is 0 Å². The molecule has 1 fully saturated rings. The molecule has 1 aromatic carbocycles. The zero-order valence-electron chi connectivity index (χ0n) is 15.5. The minimum absolute atomic E-state index is 0.314. The van der Waals surface area contributed by atoms with Crippen LogP contribution >= 0.6 is 0 Å². The van der Waals surface area contributed by atoms with Crippen molar-refractivity contribution in [1.82, 2.24) is 15.5 Å². The third kappa shape index (κ3) is 4.29. The molecule has 24 heavy (non-hydrogen) atoms. The molecule has 1 aliphatic rings. The van der Waals surface area contributed by atoms with Crippen molar-refractivity contribution in [2.75, 3.05) is 6.54 Å². The number of benzene rings is 1. The molecule has 0 saturated heterocycles. The summed E-state index contributed by atoms with van der Waals surface area (Å²) in [4.78, 5) is 0. The highest BCUT2D eigenvalue weighted by molar-refractivity contribution is 5.83. The Morgan fingerprint density at radius 3 is 2.92 bits per heavy atom. The number of aryl methyl sites for hydroxylation is 1. The second-order valence-electron chi connectivity index (χ2n) is 8.39. The van der Waals surface area contributed by atoms with Crippen LogP contribution in [0, 0.1) is 12.3 Å². The maximum atomic E-state index is 6.36. The van der Waals surface area contributed by atoms with Gasteiger partial charge >= 0.3 is 0 Å². The van der Waals surface area contributed by atoms with E-state index in [1.807, 2.05) is 6.20 Å². The summed E-state index contributed by atoms with van der Waals surface area (Å²) in [7, 11) is 0. The number of nitrogens with zero attached hydrogens (tertiary/aromatic N) is 1. The van der Waals surface area contributed by atoms with Crippen LogP contribution < -0.4 is 10.1 Å². The van der Waals surface area contributed by atoms with Crippen molar-refractivity contribution in [3.05, 3.63) is 23.9 Å². The smallest absolute Gasteiger partial charge is 0.123 e. The van der Waals surface area contributed by atoms with Crippen LogP contribution in [0.3, 0.4) is 0 Å². The van der Waals surface area contributed by atoms with Gasteiger partial charge in [-0.3, -0.25) is 5.10 Å². The fraction of sp³-hybridized carbons (Fsp3) is 0.650. The van der Waals surface area contributed by atoms with E-state index in [1.165, 1.54) is 24.8 Å². The molecule has 1 aliphatic carbocycles. The van der Waals surface area contributed by atoms with Gasteiger partial charge in [-0.1, -0.05) is 20.8 Å². The molecule has 0 spiro atoms. The molecule has 2 aromatic rings. The highest BCUT2D eigenvalue weighted by Gasteiger charge is 2.24. The molecule has 4 heteroatoms. The summed E-state index contributed by atoms with van der Waals surface area (Å²) in [6.45, 7) is 10.1. The Bertz CT molecular complexity index is 671. The summed E-state index contributed by atoms with van der Waals surface area (Å²) in [5.41, 5.74) is 2.66. The molecular formula is C20H31N3O. The standard InChI is InChI=1S/C20H31N3O/c1-14-17-13-22-23-18(17)8-9-19(14)24-16-7-5-6-15(12-16)21-11-10-20(2,3)4/h8-9,13,15-16,21H,5-7,10-12H2,1-4H3,(H,22,23)/t15-,16+/m1/s1. The average Bonchev–Trinajstić information content (AvgIpc) is 2.99. The maximum Gasteiger partial charge on any atom is 0.123 e. The molecule has 2 N–H and O–H groups in total. The van der Waals surface area contributed by atoms with Gasteiger partial charge < -0.3 is 10.1 Å². The number of rotatable bonds is 5. The topological polar surface area (TPSA) is 49.9 Å². The second kappa shape index (κ2) is 7.14. The summed E-state index contributed by atoms with van der Waals surface area (Å²) >= 11 is 0. The molecular weight excluding hydrogens is 298 g/mol. The first-order valence-corrected chi connectivity index (χ1v) is 9.25. The Labute approximate surface area is 145 Å². The molecule has 0 unspecified atom stereocenters. The molecule has 0 amide bonds. The lowest BCUT2D eigenvalue weighted by Gasteiger charge is -2.31. The van der Waals surface area contributed by atoms with Gasteiger partial charge in [0.1, 0.15) is 11.9 Å². The first-order valence-electron chi connectivity index (χ1n) is 9.25. The average molecular weight is 329 g/mol. The lowest BCUT2D eigenvalue weighted by atomic mass is 9.90. The van der Waals surface area contributed by atoms with Crippen molar-refractivity contribution in [3.63, 3.8) is 0 Å². The molecule has 3 rings (SSSR count). The largest absolute Gasteiger partial charge is 0.490 e. The van der Waals surface area contributed by atoms with Crippen molar-refractivity contribution in [2.24, 2.45) is 5.41 Å². The number of ether oxygens (including phenoxy) is 1. The molecule has 0 radical (unpaired) electrons. The third-order valence-corrected chi connectivity index (χ3v) is 5.07. The Morgan fingerprint density at radius 1 is 1.29 bits per heavy atom. The van der Waals surface area contributed by atoms with Crippen LogP contribution in [-0.2, 0) is 0 Å². The number of fused-ring (bicyclic) bond motifs is 1. The lowest BCUT2D eigenvalue weighted by molar-refractivity contribution is 0.133. The molecule has 2 atom stereocenters. The lowest BCUT2D eigenvalue weighted by Crippen LogP contribution is -2.39. The summed E-state index contributed by atoms with van der Waals surface area (Å²) in [6, 6.07) is 4.73. The summed E-state index contributed by atoms with van der Waals surface area (Å²) < 4.78 is 6.36. The highest BCUT2D eigenvalue weighted by atomic mass is 16.5. The summed E-state index contributed by atoms with van der Waals surface area (Å²) in [5, 5.41) is 12.0. The second-order valence-corrected chi connectivity index (χ2v) is 8.39. The SMILES string of the molecule is Cc1c(O[C@H]2CCC[C@@H](NCCC(C)(C)C)C2)ccc2[nH]ncc12. The van der Waals surface area contributed by atoms with Crippen LogP contribution in [0.25, 0.3) is 10.9 Å². The van der Waals surface area contributed by atoms with Gasteiger partial charge in [0.25, 0.3) is 0 Å². The zero-order chi connectivity index (χ0) is 17.2. The number of H-pyrrole nitrogens is 1. The zero-order valence-corrected chi connectivity index (χ0v) is 15.5. The number of aromatic nitrogens is 2. The number of hydrogen-bond acceptors (Lipinski definition) is 3. The molecule has 0 bridgehead atoms. The van der Waals surface area contributed by atoms with E-state index in [2.05, 4.69) is 55.3 Å². The van der Waals surface area contributed by atoms with Crippen molar-refractivity contribution in [1.29, 1.82) is 0 Å². The van der Waals surface area contributed by atoms with E-state index in [-0.39, 0.29) is 0 Å². The predicted octanol–water partition coefficient (Wildman–Crippen LogP) is 4.59. The molecule has 1 heterocycles. The fourth-order valence-electron chi connectivity index (χ4n) is 3.53. The van der Waals surface area contributed by atoms with Crippen LogP contribution in [-0.4, -0.2) is 28.9 Å². The summed E-state index contributed by atoms with van der Waals surface area (Å²) in [5.74, 6) is 1.00. The number of aromatic amines is 1. The minimum Gasteiger partial charge on any atom is -0.490 e. The first kappa shape index (κ1) is 17.3. The normalized spacial score (nSPS) is 22.0. The van der Waals surface area contributed by atoms with E-state index in [4.69, 9.17) is 4.74 Å². The van der Waals surface area contributed by atoms with E-state index >= 15 is 0 Å². The van der Waals surface area contributed by atoms with Crippen LogP contribution in [0.15, 0.2) is 18.3 Å². The monoisotopic (exact) mass is 329 g/mol. The third-order valence-electron chi connectivity index (χ3n) is 5.07. The van der Waals surface area contributed by atoms with Crippen molar-refractivity contribution < 1.29 is 4.74 Å². The fourth-order valence-corrected chi connectivity index (χ4v) is 3.53. The molecule has 132 valence electrons. The molecule has 4 nitrogen and oxygen atoms in total. The molecule has 1 aromatic heterocycles. The molecule has 1 saturated carbocycles. The van der Waals surface area contributed by atoms with Gasteiger partial charge in [0.15, 0.2) is 0 Å². The predicted molar refractivity (Wildman–Crippen MR) is 99.6 cm³/mol. The van der Waals surface area contributed by atoms with Gasteiger partial charge in [-0.25, -0.2) is 0 Å². The quantitative estimate of drug-likeness (QED) is 0.843. The van der Waals surface area contributed by atoms with Gasteiger partial charge in [-0.15, -0.1) is 0 Å². The van der Waals surface area contributed by atoms with Crippen LogP contribution in [0.2, 0.25) is 0 Å². The van der Waals surface area contributed by atoms with Gasteiger partial charge in [-0.05, 0) is 63.1 Å². The van der Waals surface area contributed by atoms with E-state index in [1.54, 1.807) is 0 Å². The van der Waals surface area contributed by atoms with Crippen LogP contribution in [0.4, 0.5) is 0 Å². The Kier molecular flexibility index (Phi) is 5.14. The van der Waals surface area contributed by atoms with Crippen molar-refractivity contribution >= 4 is 10.9 Å².